The summed E-state index contributed by atoms with van der Waals surface area (Å²) in [7, 11) is 0. The molecule has 0 aromatic carbocycles. The van der Waals surface area contributed by atoms with Gasteiger partial charge in [-0.1, -0.05) is 39.5 Å². The van der Waals surface area contributed by atoms with Crippen LogP contribution in [0.25, 0.3) is 0 Å². The maximum absolute atomic E-state index is 4.00. The summed E-state index contributed by atoms with van der Waals surface area (Å²) in [4.78, 5) is 2.90. The van der Waals surface area contributed by atoms with Crippen LogP contribution in [0.3, 0.4) is 0 Å². The van der Waals surface area contributed by atoms with Gasteiger partial charge in [0, 0.05) is 31.2 Å². The van der Waals surface area contributed by atoms with Gasteiger partial charge in [0.25, 0.3) is 0 Å². The second kappa shape index (κ2) is 6.36. The molecule has 2 atom stereocenters. The number of hydrogen-bond donors (Lipinski definition) is 1. The number of rotatable bonds is 5. The van der Waals surface area contributed by atoms with Gasteiger partial charge in [0.15, 0.2) is 0 Å². The standard InChI is InChI=1S/C18H34N2/c1-3-7-15(2)13-20-14-18(10-5-4-6-11-18)19-12-17(20)16-8-9-16/h15-17,19H,3-14H2,1-2H3. The minimum atomic E-state index is 0.482. The summed E-state index contributed by atoms with van der Waals surface area (Å²) in [6, 6.07) is 0.849. The molecule has 2 saturated carbocycles. The minimum absolute atomic E-state index is 0.482. The molecule has 0 amide bonds. The van der Waals surface area contributed by atoms with Gasteiger partial charge in [0.05, 0.1) is 0 Å². The molecular formula is C18H34N2. The van der Waals surface area contributed by atoms with E-state index in [9.17, 15) is 0 Å². The lowest BCUT2D eigenvalue weighted by Gasteiger charge is -2.50. The monoisotopic (exact) mass is 278 g/mol. The Morgan fingerprint density at radius 3 is 2.60 bits per heavy atom. The SMILES string of the molecule is CCCC(C)CN1CC2(CCCCC2)NCC1C1CC1. The highest BCUT2D eigenvalue weighted by atomic mass is 15.3. The summed E-state index contributed by atoms with van der Waals surface area (Å²) >= 11 is 0. The van der Waals surface area contributed by atoms with Gasteiger partial charge < -0.3 is 5.32 Å². The lowest BCUT2D eigenvalue weighted by atomic mass is 9.79. The van der Waals surface area contributed by atoms with E-state index in [1.807, 2.05) is 0 Å². The molecule has 3 fully saturated rings. The Morgan fingerprint density at radius 1 is 1.20 bits per heavy atom. The molecule has 3 rings (SSSR count). The van der Waals surface area contributed by atoms with Gasteiger partial charge in [-0.3, -0.25) is 4.90 Å². The van der Waals surface area contributed by atoms with Gasteiger partial charge in [-0.15, -0.1) is 0 Å². The molecule has 1 spiro atoms. The third kappa shape index (κ3) is 3.39. The van der Waals surface area contributed by atoms with Crippen molar-refractivity contribution in [1.29, 1.82) is 0 Å². The van der Waals surface area contributed by atoms with Crippen LogP contribution in [0.15, 0.2) is 0 Å². The quantitative estimate of drug-likeness (QED) is 0.822. The largest absolute Gasteiger partial charge is 0.308 e. The average molecular weight is 278 g/mol. The molecule has 1 N–H and O–H groups in total. The van der Waals surface area contributed by atoms with Crippen LogP contribution >= 0.6 is 0 Å². The molecule has 0 radical (unpaired) electrons. The van der Waals surface area contributed by atoms with Crippen molar-refractivity contribution >= 4 is 0 Å². The highest BCUT2D eigenvalue weighted by Gasteiger charge is 2.44. The molecule has 2 nitrogen and oxygen atoms in total. The van der Waals surface area contributed by atoms with Crippen LogP contribution < -0.4 is 5.32 Å². The van der Waals surface area contributed by atoms with E-state index in [0.29, 0.717) is 5.54 Å². The van der Waals surface area contributed by atoms with E-state index in [4.69, 9.17) is 0 Å². The molecule has 20 heavy (non-hydrogen) atoms. The zero-order chi connectivity index (χ0) is 14.0. The average Bonchev–Trinajstić information content (AvgIpc) is 3.24. The van der Waals surface area contributed by atoms with Gasteiger partial charge in [0.1, 0.15) is 0 Å². The Morgan fingerprint density at radius 2 is 1.95 bits per heavy atom. The molecule has 0 aromatic rings. The fourth-order valence-corrected chi connectivity index (χ4v) is 4.71. The van der Waals surface area contributed by atoms with Crippen LogP contribution in [0.1, 0.15) is 71.6 Å². The maximum atomic E-state index is 4.00. The highest BCUT2D eigenvalue weighted by molar-refractivity contribution is 5.03. The van der Waals surface area contributed by atoms with Crippen LogP contribution in [0.2, 0.25) is 0 Å². The van der Waals surface area contributed by atoms with Crippen molar-refractivity contribution < 1.29 is 0 Å². The predicted molar refractivity (Wildman–Crippen MR) is 86.0 cm³/mol. The van der Waals surface area contributed by atoms with E-state index in [2.05, 4.69) is 24.1 Å². The van der Waals surface area contributed by atoms with Gasteiger partial charge >= 0.3 is 0 Å². The first kappa shape index (κ1) is 14.8. The predicted octanol–water partition coefficient (Wildman–Crippen LogP) is 3.81. The molecule has 1 saturated heterocycles. The third-order valence-corrected chi connectivity index (χ3v) is 5.97. The van der Waals surface area contributed by atoms with E-state index in [1.165, 1.54) is 77.4 Å². The molecule has 116 valence electrons. The van der Waals surface area contributed by atoms with Crippen molar-refractivity contribution in [1.82, 2.24) is 10.2 Å². The van der Waals surface area contributed by atoms with E-state index in [-0.39, 0.29) is 0 Å². The van der Waals surface area contributed by atoms with Crippen LogP contribution in [-0.4, -0.2) is 36.1 Å². The van der Waals surface area contributed by atoms with E-state index >= 15 is 0 Å². The van der Waals surface area contributed by atoms with Crippen molar-refractivity contribution in [3.63, 3.8) is 0 Å². The second-order valence-electron chi connectivity index (χ2n) is 7.95. The molecule has 0 aromatic heterocycles. The van der Waals surface area contributed by atoms with Crippen molar-refractivity contribution in [2.45, 2.75) is 83.2 Å². The zero-order valence-electron chi connectivity index (χ0n) is 13.7. The van der Waals surface area contributed by atoms with Gasteiger partial charge in [0.2, 0.25) is 0 Å². The second-order valence-corrected chi connectivity index (χ2v) is 7.95. The number of nitrogens with one attached hydrogen (secondary N) is 1. The van der Waals surface area contributed by atoms with Crippen LogP contribution in [-0.2, 0) is 0 Å². The van der Waals surface area contributed by atoms with Crippen molar-refractivity contribution in [2.75, 3.05) is 19.6 Å². The Bertz CT molecular complexity index is 305. The van der Waals surface area contributed by atoms with Crippen molar-refractivity contribution in [2.24, 2.45) is 11.8 Å². The molecule has 1 aliphatic heterocycles. The zero-order valence-corrected chi connectivity index (χ0v) is 13.7. The minimum Gasteiger partial charge on any atom is -0.308 e. The number of nitrogens with zero attached hydrogens (tertiary/aromatic N) is 1. The van der Waals surface area contributed by atoms with E-state index in [0.717, 1.165) is 17.9 Å². The first-order chi connectivity index (χ1) is 9.72. The normalized spacial score (nSPS) is 32.4. The fraction of sp³-hybridized carbons (Fsp3) is 1.00. The maximum Gasteiger partial charge on any atom is 0.0309 e. The summed E-state index contributed by atoms with van der Waals surface area (Å²) in [5.74, 6) is 1.89. The Balaban J connectivity index is 1.64. The van der Waals surface area contributed by atoms with Crippen LogP contribution in [0, 0.1) is 11.8 Å². The molecular weight excluding hydrogens is 244 g/mol. The molecule has 3 aliphatic rings. The molecule has 2 heteroatoms. The summed E-state index contributed by atoms with van der Waals surface area (Å²) in [5, 5.41) is 4.00. The summed E-state index contributed by atoms with van der Waals surface area (Å²) in [6.07, 6.45) is 12.9. The Hall–Kier alpha value is -0.0800. The number of hydrogen-bond acceptors (Lipinski definition) is 2. The van der Waals surface area contributed by atoms with Crippen molar-refractivity contribution in [3.05, 3.63) is 0 Å². The lowest BCUT2D eigenvalue weighted by molar-refractivity contribution is 0.0362. The smallest absolute Gasteiger partial charge is 0.0309 e. The first-order valence-electron chi connectivity index (χ1n) is 9.21. The molecule has 1 heterocycles. The fourth-order valence-electron chi connectivity index (χ4n) is 4.71. The lowest BCUT2D eigenvalue weighted by Crippen LogP contribution is -2.65. The molecule has 2 unspecified atom stereocenters. The van der Waals surface area contributed by atoms with E-state index < -0.39 is 0 Å². The Labute approximate surface area is 125 Å². The Kier molecular flexibility index (Phi) is 4.72. The summed E-state index contributed by atoms with van der Waals surface area (Å²) in [6.45, 7) is 8.74. The summed E-state index contributed by atoms with van der Waals surface area (Å²) < 4.78 is 0. The molecule has 0 bridgehead atoms. The van der Waals surface area contributed by atoms with Crippen molar-refractivity contribution in [3.8, 4) is 0 Å². The topological polar surface area (TPSA) is 15.3 Å². The van der Waals surface area contributed by atoms with E-state index in [1.54, 1.807) is 0 Å². The third-order valence-electron chi connectivity index (χ3n) is 5.97. The first-order valence-corrected chi connectivity index (χ1v) is 9.21. The van der Waals surface area contributed by atoms with Gasteiger partial charge in [-0.05, 0) is 43.9 Å². The molecule has 2 aliphatic carbocycles. The number of piperazine rings is 1. The van der Waals surface area contributed by atoms with Crippen LogP contribution in [0.5, 0.6) is 0 Å². The van der Waals surface area contributed by atoms with Crippen LogP contribution in [0.4, 0.5) is 0 Å². The summed E-state index contributed by atoms with van der Waals surface area (Å²) in [5.41, 5.74) is 0.482. The van der Waals surface area contributed by atoms with Gasteiger partial charge in [-0.25, -0.2) is 0 Å². The van der Waals surface area contributed by atoms with Gasteiger partial charge in [-0.2, -0.15) is 0 Å². The highest BCUT2D eigenvalue weighted by Crippen LogP contribution is 2.40.